The Morgan fingerprint density at radius 3 is 2.67 bits per heavy atom. The Morgan fingerprint density at radius 2 is 1.86 bits per heavy atom. The zero-order valence-corrected chi connectivity index (χ0v) is 20.4. The Bertz CT molecular complexity index is 1640. The fourth-order valence-electron chi connectivity index (χ4n) is 4.53. The second-order valence-electron chi connectivity index (χ2n) is 8.63. The van der Waals surface area contributed by atoms with E-state index < -0.39 is 0 Å². The molecule has 9 heteroatoms. The third-order valence-corrected chi connectivity index (χ3v) is 6.49. The molecule has 0 spiro atoms. The van der Waals surface area contributed by atoms with Crippen molar-refractivity contribution in [3.8, 4) is 22.6 Å². The van der Waals surface area contributed by atoms with Crippen LogP contribution in [0.1, 0.15) is 17.7 Å². The lowest BCUT2D eigenvalue weighted by atomic mass is 10.1. The minimum Gasteiger partial charge on any atom is -0.490 e. The van der Waals surface area contributed by atoms with E-state index in [4.69, 9.17) is 30.9 Å². The zero-order valence-electron chi connectivity index (χ0n) is 19.6. The third-order valence-electron chi connectivity index (χ3n) is 6.24. The smallest absolute Gasteiger partial charge is 0.261 e. The van der Waals surface area contributed by atoms with Crippen LogP contribution in [0.5, 0.6) is 11.5 Å². The van der Waals surface area contributed by atoms with Crippen molar-refractivity contribution in [3.63, 3.8) is 0 Å². The Morgan fingerprint density at radius 1 is 1.06 bits per heavy atom. The SMILES string of the molecule is COCc1nn2c(ncc3c(=O)n(Cc4ccc5c(c4)OCCCO5)ccc32)c1-c1ccc(Cl)cc1. The molecule has 3 aromatic heterocycles. The van der Waals surface area contributed by atoms with Crippen molar-refractivity contribution in [1.82, 2.24) is 19.2 Å². The molecule has 0 unspecified atom stereocenters. The molecule has 4 heterocycles. The van der Waals surface area contributed by atoms with Crippen molar-refractivity contribution in [1.29, 1.82) is 0 Å². The predicted octanol–water partition coefficient (Wildman–Crippen LogP) is 4.72. The summed E-state index contributed by atoms with van der Waals surface area (Å²) in [5.74, 6) is 1.44. The van der Waals surface area contributed by atoms with E-state index in [-0.39, 0.29) is 5.56 Å². The molecule has 0 atom stereocenters. The molecule has 5 aromatic rings. The fraction of sp³-hybridized carbons (Fsp3) is 0.222. The summed E-state index contributed by atoms with van der Waals surface area (Å²) in [5.41, 5.74) is 4.64. The highest BCUT2D eigenvalue weighted by atomic mass is 35.5. The second-order valence-corrected chi connectivity index (χ2v) is 9.07. The first-order chi connectivity index (χ1) is 17.6. The quantitative estimate of drug-likeness (QED) is 0.346. The highest BCUT2D eigenvalue weighted by molar-refractivity contribution is 6.30. The number of methoxy groups -OCH3 is 1. The average Bonchev–Trinajstić information content (AvgIpc) is 3.09. The first-order valence-electron chi connectivity index (χ1n) is 11.7. The molecule has 0 N–H and O–H groups in total. The van der Waals surface area contributed by atoms with E-state index >= 15 is 0 Å². The first-order valence-corrected chi connectivity index (χ1v) is 12.0. The molecule has 6 rings (SSSR count). The molecule has 8 nitrogen and oxygen atoms in total. The van der Waals surface area contributed by atoms with Crippen molar-refractivity contribution in [2.75, 3.05) is 20.3 Å². The lowest BCUT2D eigenvalue weighted by molar-refractivity contribution is 0.181. The van der Waals surface area contributed by atoms with Crippen LogP contribution in [-0.2, 0) is 17.9 Å². The van der Waals surface area contributed by atoms with E-state index in [1.807, 2.05) is 48.5 Å². The van der Waals surface area contributed by atoms with Crippen LogP contribution in [0.25, 0.3) is 27.7 Å². The maximum atomic E-state index is 13.4. The molecule has 0 saturated heterocycles. The van der Waals surface area contributed by atoms with E-state index in [1.54, 1.807) is 28.6 Å². The molecule has 0 saturated carbocycles. The molecule has 0 fully saturated rings. The Hall–Kier alpha value is -3.88. The summed E-state index contributed by atoms with van der Waals surface area (Å²) in [4.78, 5) is 18.1. The molecule has 0 aliphatic carbocycles. The summed E-state index contributed by atoms with van der Waals surface area (Å²) in [6.07, 6.45) is 4.25. The summed E-state index contributed by atoms with van der Waals surface area (Å²) in [5, 5.41) is 5.89. The fourth-order valence-corrected chi connectivity index (χ4v) is 4.66. The first kappa shape index (κ1) is 22.6. The number of aromatic nitrogens is 4. The molecule has 0 bridgehead atoms. The largest absolute Gasteiger partial charge is 0.490 e. The van der Waals surface area contributed by atoms with Crippen molar-refractivity contribution in [2.24, 2.45) is 0 Å². The van der Waals surface area contributed by atoms with Gasteiger partial charge in [-0.1, -0.05) is 29.8 Å². The maximum Gasteiger partial charge on any atom is 0.261 e. The van der Waals surface area contributed by atoms with Crippen LogP contribution in [0.3, 0.4) is 0 Å². The van der Waals surface area contributed by atoms with Crippen LogP contribution in [0.15, 0.2) is 65.7 Å². The van der Waals surface area contributed by atoms with Gasteiger partial charge in [-0.05, 0) is 41.5 Å². The molecule has 0 radical (unpaired) electrons. The van der Waals surface area contributed by atoms with Crippen molar-refractivity contribution < 1.29 is 14.2 Å². The average molecular weight is 503 g/mol. The van der Waals surface area contributed by atoms with Gasteiger partial charge in [0.25, 0.3) is 5.56 Å². The van der Waals surface area contributed by atoms with Gasteiger partial charge in [-0.3, -0.25) is 4.79 Å². The van der Waals surface area contributed by atoms with E-state index in [9.17, 15) is 4.79 Å². The van der Waals surface area contributed by atoms with Gasteiger partial charge in [0.1, 0.15) is 0 Å². The number of pyridine rings is 1. The normalized spacial score (nSPS) is 13.3. The molecule has 2 aromatic carbocycles. The highest BCUT2D eigenvalue weighted by Gasteiger charge is 2.19. The monoisotopic (exact) mass is 502 g/mol. The van der Waals surface area contributed by atoms with Crippen molar-refractivity contribution in [3.05, 3.63) is 87.6 Å². The summed E-state index contributed by atoms with van der Waals surface area (Å²) < 4.78 is 20.3. The van der Waals surface area contributed by atoms with Crippen LogP contribution in [0.4, 0.5) is 0 Å². The number of fused-ring (bicyclic) bond motifs is 4. The lowest BCUT2D eigenvalue weighted by Crippen LogP contribution is -2.21. The van der Waals surface area contributed by atoms with Crippen LogP contribution in [0, 0.1) is 0 Å². The molecular formula is C27H23ClN4O4. The maximum absolute atomic E-state index is 13.4. The number of benzene rings is 2. The summed E-state index contributed by atoms with van der Waals surface area (Å²) in [6, 6.07) is 15.2. The van der Waals surface area contributed by atoms with E-state index in [1.165, 1.54) is 0 Å². The lowest BCUT2D eigenvalue weighted by Gasteiger charge is -2.11. The van der Waals surface area contributed by atoms with Crippen LogP contribution < -0.4 is 15.0 Å². The van der Waals surface area contributed by atoms with Gasteiger partial charge >= 0.3 is 0 Å². The number of ether oxygens (including phenoxy) is 3. The molecule has 1 aliphatic rings. The third kappa shape index (κ3) is 3.98. The zero-order chi connectivity index (χ0) is 24.6. The number of hydrogen-bond acceptors (Lipinski definition) is 6. The van der Waals surface area contributed by atoms with Crippen molar-refractivity contribution >= 4 is 28.2 Å². The van der Waals surface area contributed by atoms with E-state index in [2.05, 4.69) is 4.98 Å². The van der Waals surface area contributed by atoms with E-state index in [0.29, 0.717) is 53.7 Å². The molecule has 36 heavy (non-hydrogen) atoms. The van der Waals surface area contributed by atoms with Gasteiger partial charge in [0, 0.05) is 30.9 Å². The summed E-state index contributed by atoms with van der Waals surface area (Å²) in [7, 11) is 1.62. The standard InChI is InChI=1S/C27H23ClN4O4/c1-34-16-21-25(18-4-6-19(28)7-5-18)26-29-14-20-22(32(26)30-21)9-10-31(27(20)33)15-17-3-8-23-24(13-17)36-12-2-11-35-23/h3-10,13-14H,2,11-12,15-16H2,1H3. The Labute approximate surface area is 211 Å². The van der Waals surface area contributed by atoms with Crippen LogP contribution in [0.2, 0.25) is 5.02 Å². The Kier molecular flexibility index (Phi) is 5.83. The minimum absolute atomic E-state index is 0.147. The van der Waals surface area contributed by atoms with Gasteiger partial charge in [-0.2, -0.15) is 5.10 Å². The van der Waals surface area contributed by atoms with Crippen LogP contribution in [-0.4, -0.2) is 39.5 Å². The number of nitrogens with zero attached hydrogens (tertiary/aromatic N) is 4. The van der Waals surface area contributed by atoms with Gasteiger partial charge in [0.05, 0.1) is 48.5 Å². The topological polar surface area (TPSA) is 79.9 Å². The van der Waals surface area contributed by atoms with Gasteiger partial charge in [-0.25, -0.2) is 9.50 Å². The molecule has 182 valence electrons. The number of hydrogen-bond donors (Lipinski definition) is 0. The summed E-state index contributed by atoms with van der Waals surface area (Å²) >= 11 is 6.09. The Balaban J connectivity index is 1.43. The van der Waals surface area contributed by atoms with Crippen molar-refractivity contribution in [2.45, 2.75) is 19.6 Å². The molecule has 1 aliphatic heterocycles. The predicted molar refractivity (Wildman–Crippen MR) is 137 cm³/mol. The van der Waals surface area contributed by atoms with Gasteiger partial charge in [0.2, 0.25) is 0 Å². The minimum atomic E-state index is -0.147. The molecule has 0 amide bonds. The molecular weight excluding hydrogens is 480 g/mol. The van der Waals surface area contributed by atoms with Crippen LogP contribution >= 0.6 is 11.6 Å². The number of rotatable bonds is 5. The second kappa shape index (κ2) is 9.29. The van der Waals surface area contributed by atoms with E-state index in [0.717, 1.165) is 34.6 Å². The van der Waals surface area contributed by atoms with Gasteiger partial charge < -0.3 is 18.8 Å². The van der Waals surface area contributed by atoms with Gasteiger partial charge in [0.15, 0.2) is 17.1 Å². The number of halogens is 1. The summed E-state index contributed by atoms with van der Waals surface area (Å²) in [6.45, 7) is 1.95. The highest BCUT2D eigenvalue weighted by Crippen LogP contribution is 2.32. The van der Waals surface area contributed by atoms with Gasteiger partial charge in [-0.15, -0.1) is 0 Å².